The molecule has 4 rings (SSSR count). The first kappa shape index (κ1) is 24.5. The van der Waals surface area contributed by atoms with Crippen molar-refractivity contribution in [1.82, 2.24) is 9.47 Å². The van der Waals surface area contributed by atoms with E-state index in [2.05, 4.69) is 12.2 Å². The minimum absolute atomic E-state index is 0.0423. The van der Waals surface area contributed by atoms with Crippen LogP contribution >= 0.6 is 0 Å². The maximum atomic E-state index is 13.0. The van der Waals surface area contributed by atoms with E-state index in [1.807, 2.05) is 6.92 Å². The Morgan fingerprint density at radius 1 is 1.11 bits per heavy atom. The third-order valence-corrected chi connectivity index (χ3v) is 6.71. The molecule has 2 aliphatic heterocycles. The number of hydrogen-bond acceptors (Lipinski definition) is 5. The molecule has 9 heteroatoms. The van der Waals surface area contributed by atoms with Gasteiger partial charge < -0.3 is 24.4 Å². The highest BCUT2D eigenvalue weighted by molar-refractivity contribution is 6.04. The van der Waals surface area contributed by atoms with Crippen LogP contribution in [0.2, 0.25) is 0 Å². The fourth-order valence-electron chi connectivity index (χ4n) is 4.57. The topological polar surface area (TPSA) is 101 Å². The highest BCUT2D eigenvalue weighted by Gasteiger charge is 2.35. The Labute approximate surface area is 204 Å². The number of nitrogens with one attached hydrogen (secondary N) is 1. The summed E-state index contributed by atoms with van der Waals surface area (Å²) in [5.74, 6) is -0.0416. The lowest BCUT2D eigenvalue weighted by atomic mass is 9.99. The van der Waals surface area contributed by atoms with Gasteiger partial charge in [-0.2, -0.15) is 0 Å². The van der Waals surface area contributed by atoms with E-state index >= 15 is 0 Å². The number of ether oxygens (including phenoxy) is 1. The smallest absolute Gasteiger partial charge is 0.274 e. The summed E-state index contributed by atoms with van der Waals surface area (Å²) < 4.78 is 6.75. The number of aryl methyl sites for hydroxylation is 1. The molecule has 1 aromatic carbocycles. The van der Waals surface area contributed by atoms with Crippen LogP contribution in [0, 0.1) is 11.8 Å². The number of aromatic nitrogens is 1. The van der Waals surface area contributed by atoms with Crippen LogP contribution in [0.3, 0.4) is 0 Å². The van der Waals surface area contributed by atoms with Gasteiger partial charge in [0.05, 0.1) is 18.1 Å². The molecule has 0 bridgehead atoms. The first-order valence-electron chi connectivity index (χ1n) is 12.1. The molecule has 0 aliphatic carbocycles. The number of piperidine rings is 1. The van der Waals surface area contributed by atoms with E-state index in [9.17, 15) is 19.2 Å². The lowest BCUT2D eigenvalue weighted by molar-refractivity contribution is -0.122. The van der Waals surface area contributed by atoms with Crippen LogP contribution in [0.5, 0.6) is 5.75 Å². The Kier molecular flexibility index (Phi) is 7.23. The quantitative estimate of drug-likeness (QED) is 0.685. The van der Waals surface area contributed by atoms with Crippen molar-refractivity contribution in [3.8, 4) is 5.75 Å². The number of amides is 3. The van der Waals surface area contributed by atoms with E-state index in [-0.39, 0.29) is 30.5 Å². The molecule has 1 N–H and O–H groups in total. The molecule has 9 nitrogen and oxygen atoms in total. The monoisotopic (exact) mass is 480 g/mol. The summed E-state index contributed by atoms with van der Waals surface area (Å²) >= 11 is 0. The van der Waals surface area contributed by atoms with Gasteiger partial charge in [0, 0.05) is 45.0 Å². The molecule has 2 aliphatic rings. The van der Waals surface area contributed by atoms with Gasteiger partial charge in [-0.15, -0.1) is 0 Å². The largest absolute Gasteiger partial charge is 0.494 e. The maximum Gasteiger partial charge on any atom is 0.274 e. The molecule has 1 unspecified atom stereocenters. The number of carbonyl (C=O) groups excluding carboxylic acids is 3. The summed E-state index contributed by atoms with van der Waals surface area (Å²) in [6.45, 7) is 6.18. The number of anilines is 2. The van der Waals surface area contributed by atoms with E-state index in [1.165, 1.54) is 16.8 Å². The standard InChI is InChI=1S/C26H32N4O5/c1-4-35-21-7-5-20(6-8-21)30-16-18(14-23(30)31)24(32)27-22-13-19(15-28(3)26(22)34)25(33)29-11-9-17(2)10-12-29/h5-8,13,15,17-18H,4,9-12,14,16H2,1-3H3,(H,27,32). The van der Waals surface area contributed by atoms with Crippen molar-refractivity contribution in [2.45, 2.75) is 33.1 Å². The molecular formula is C26H32N4O5. The second-order valence-corrected chi connectivity index (χ2v) is 9.35. The van der Waals surface area contributed by atoms with Gasteiger partial charge in [-0.05, 0) is 56.0 Å². The summed E-state index contributed by atoms with van der Waals surface area (Å²) in [5, 5.41) is 2.67. The maximum absolute atomic E-state index is 13.0. The van der Waals surface area contributed by atoms with E-state index < -0.39 is 17.4 Å². The van der Waals surface area contributed by atoms with Gasteiger partial charge in [0.1, 0.15) is 11.4 Å². The van der Waals surface area contributed by atoms with Crippen LogP contribution in [0.4, 0.5) is 11.4 Å². The molecule has 0 radical (unpaired) electrons. The number of pyridine rings is 1. The van der Waals surface area contributed by atoms with E-state index in [0.717, 1.165) is 12.8 Å². The van der Waals surface area contributed by atoms with Gasteiger partial charge >= 0.3 is 0 Å². The predicted octanol–water partition coefficient (Wildman–Crippen LogP) is 2.65. The average molecular weight is 481 g/mol. The number of benzene rings is 1. The number of carbonyl (C=O) groups is 3. The minimum atomic E-state index is -0.610. The first-order valence-corrected chi connectivity index (χ1v) is 12.1. The van der Waals surface area contributed by atoms with Crippen LogP contribution < -0.4 is 20.5 Å². The van der Waals surface area contributed by atoms with Crippen LogP contribution in [-0.4, -0.2) is 53.4 Å². The molecule has 0 spiro atoms. The zero-order valence-corrected chi connectivity index (χ0v) is 20.5. The zero-order valence-electron chi connectivity index (χ0n) is 20.5. The van der Waals surface area contributed by atoms with Crippen molar-refractivity contribution in [2.24, 2.45) is 18.9 Å². The lowest BCUT2D eigenvalue weighted by Gasteiger charge is -2.30. The molecule has 3 heterocycles. The first-order chi connectivity index (χ1) is 16.8. The lowest BCUT2D eigenvalue weighted by Crippen LogP contribution is -2.38. The highest BCUT2D eigenvalue weighted by Crippen LogP contribution is 2.27. The second-order valence-electron chi connectivity index (χ2n) is 9.35. The number of likely N-dealkylation sites (tertiary alicyclic amines) is 1. The Hall–Kier alpha value is -3.62. The summed E-state index contributed by atoms with van der Waals surface area (Å²) in [6, 6.07) is 8.59. The molecule has 2 saturated heterocycles. The SMILES string of the molecule is CCOc1ccc(N2CC(C(=O)Nc3cc(C(=O)N4CCC(C)CC4)cn(C)c3=O)CC2=O)cc1. The van der Waals surface area contributed by atoms with Crippen molar-refractivity contribution in [3.05, 3.63) is 52.4 Å². The van der Waals surface area contributed by atoms with Crippen LogP contribution in [0.1, 0.15) is 43.5 Å². The normalized spacial score (nSPS) is 18.6. The molecule has 35 heavy (non-hydrogen) atoms. The Morgan fingerprint density at radius 2 is 1.80 bits per heavy atom. The van der Waals surface area contributed by atoms with Crippen LogP contribution in [-0.2, 0) is 16.6 Å². The number of hydrogen-bond donors (Lipinski definition) is 1. The van der Waals surface area contributed by atoms with Gasteiger partial charge in [0.15, 0.2) is 0 Å². The summed E-state index contributed by atoms with van der Waals surface area (Å²) in [4.78, 5) is 54.7. The Morgan fingerprint density at radius 3 is 2.46 bits per heavy atom. The minimum Gasteiger partial charge on any atom is -0.494 e. The van der Waals surface area contributed by atoms with Gasteiger partial charge in [-0.25, -0.2) is 0 Å². The molecule has 2 fully saturated rings. The Bertz CT molecular complexity index is 1170. The molecule has 186 valence electrons. The highest BCUT2D eigenvalue weighted by atomic mass is 16.5. The van der Waals surface area contributed by atoms with Gasteiger partial charge in [-0.3, -0.25) is 19.2 Å². The third kappa shape index (κ3) is 5.39. The second kappa shape index (κ2) is 10.3. The van der Waals surface area contributed by atoms with Crippen LogP contribution in [0.15, 0.2) is 41.3 Å². The average Bonchev–Trinajstić information content (AvgIpc) is 3.24. The summed E-state index contributed by atoms with van der Waals surface area (Å²) in [5.41, 5.74) is 0.680. The van der Waals surface area contributed by atoms with E-state index in [0.29, 0.717) is 42.6 Å². The predicted molar refractivity (Wildman–Crippen MR) is 133 cm³/mol. The fourth-order valence-corrected chi connectivity index (χ4v) is 4.57. The van der Waals surface area contributed by atoms with Gasteiger partial charge in [-0.1, -0.05) is 6.92 Å². The molecule has 3 amide bonds. The number of nitrogens with zero attached hydrogens (tertiary/aromatic N) is 3. The molecule has 0 saturated carbocycles. The molecular weight excluding hydrogens is 448 g/mol. The van der Waals surface area contributed by atoms with Gasteiger partial charge in [0.2, 0.25) is 11.8 Å². The van der Waals surface area contributed by atoms with Crippen LogP contribution in [0.25, 0.3) is 0 Å². The van der Waals surface area contributed by atoms with Crippen molar-refractivity contribution >= 4 is 29.1 Å². The van der Waals surface area contributed by atoms with Crippen molar-refractivity contribution < 1.29 is 19.1 Å². The van der Waals surface area contributed by atoms with Crippen molar-refractivity contribution in [2.75, 3.05) is 36.5 Å². The zero-order chi connectivity index (χ0) is 25.1. The molecule has 2 aromatic rings. The van der Waals surface area contributed by atoms with E-state index in [4.69, 9.17) is 4.74 Å². The summed E-state index contributed by atoms with van der Waals surface area (Å²) in [7, 11) is 1.56. The summed E-state index contributed by atoms with van der Waals surface area (Å²) in [6.07, 6.45) is 3.44. The van der Waals surface area contributed by atoms with Gasteiger partial charge in [0.25, 0.3) is 11.5 Å². The number of rotatable bonds is 6. The van der Waals surface area contributed by atoms with Crippen molar-refractivity contribution in [3.63, 3.8) is 0 Å². The van der Waals surface area contributed by atoms with E-state index in [1.54, 1.807) is 41.1 Å². The third-order valence-electron chi connectivity index (χ3n) is 6.71. The molecule has 1 atom stereocenters. The Balaban J connectivity index is 1.46. The molecule has 1 aromatic heterocycles. The van der Waals surface area contributed by atoms with Crippen molar-refractivity contribution in [1.29, 1.82) is 0 Å². The fraction of sp³-hybridized carbons (Fsp3) is 0.462.